The normalized spacial score (nSPS) is 12.8. The fourth-order valence-electron chi connectivity index (χ4n) is 1.05. The number of hydrogen-bond acceptors (Lipinski definition) is 2. The molecule has 1 rings (SSSR count). The van der Waals surface area contributed by atoms with Crippen molar-refractivity contribution in [2.75, 3.05) is 6.61 Å². The number of benzene rings is 1. The number of nitrogens with two attached hydrogens (primary N) is 1. The molecule has 0 bridgehead atoms. The summed E-state index contributed by atoms with van der Waals surface area (Å²) < 4.78 is 5.44. The molecule has 0 fully saturated rings. The van der Waals surface area contributed by atoms with Gasteiger partial charge in [-0.15, -0.1) is 0 Å². The van der Waals surface area contributed by atoms with Crippen molar-refractivity contribution < 1.29 is 4.74 Å². The van der Waals surface area contributed by atoms with Crippen LogP contribution < -0.4 is 5.73 Å². The van der Waals surface area contributed by atoms with Gasteiger partial charge in [-0.25, -0.2) is 0 Å². The minimum atomic E-state index is 0.123. The van der Waals surface area contributed by atoms with Crippen LogP contribution in [0, 0.1) is 0 Å². The third-order valence-electron chi connectivity index (χ3n) is 2.07. The van der Waals surface area contributed by atoms with Crippen LogP contribution in [0.4, 0.5) is 0 Å². The van der Waals surface area contributed by atoms with Crippen molar-refractivity contribution in [1.29, 1.82) is 0 Å². The first kappa shape index (κ1) is 11.5. The standard InChI is InChI=1S/C11H16ClNO/c1-2-10(13)8-14-7-9-5-3-4-6-11(9)12/h3-6,10H,2,7-8,13H2,1H3/t10-/m0/s1. The monoisotopic (exact) mass is 213 g/mol. The van der Waals surface area contributed by atoms with E-state index in [0.29, 0.717) is 13.2 Å². The Hall–Kier alpha value is -0.570. The largest absolute Gasteiger partial charge is 0.375 e. The molecule has 0 unspecified atom stereocenters. The molecule has 0 aliphatic rings. The van der Waals surface area contributed by atoms with Gasteiger partial charge in [-0.1, -0.05) is 36.7 Å². The predicted molar refractivity (Wildman–Crippen MR) is 59.4 cm³/mol. The third-order valence-corrected chi connectivity index (χ3v) is 2.44. The molecule has 1 aromatic carbocycles. The summed E-state index contributed by atoms with van der Waals surface area (Å²) in [5.41, 5.74) is 6.73. The van der Waals surface area contributed by atoms with Gasteiger partial charge in [0.2, 0.25) is 0 Å². The quantitative estimate of drug-likeness (QED) is 0.816. The molecule has 78 valence electrons. The summed E-state index contributed by atoms with van der Waals surface area (Å²) in [4.78, 5) is 0. The van der Waals surface area contributed by atoms with Crippen LogP contribution >= 0.6 is 11.6 Å². The molecular weight excluding hydrogens is 198 g/mol. The van der Waals surface area contributed by atoms with E-state index in [1.54, 1.807) is 0 Å². The summed E-state index contributed by atoms with van der Waals surface area (Å²) in [5, 5.41) is 0.748. The zero-order valence-electron chi connectivity index (χ0n) is 8.37. The van der Waals surface area contributed by atoms with Gasteiger partial charge in [0.15, 0.2) is 0 Å². The molecule has 0 aliphatic carbocycles. The first-order chi connectivity index (χ1) is 6.74. The van der Waals surface area contributed by atoms with Crippen molar-refractivity contribution in [3.8, 4) is 0 Å². The van der Waals surface area contributed by atoms with Gasteiger partial charge in [0.25, 0.3) is 0 Å². The Kier molecular flexibility index (Phi) is 4.94. The number of rotatable bonds is 5. The van der Waals surface area contributed by atoms with Crippen molar-refractivity contribution in [1.82, 2.24) is 0 Å². The molecule has 1 atom stereocenters. The maximum atomic E-state index is 5.96. The molecule has 0 saturated carbocycles. The SMILES string of the molecule is CC[C@H](N)COCc1ccccc1Cl. The van der Waals surface area contributed by atoms with Gasteiger partial charge < -0.3 is 10.5 Å². The summed E-state index contributed by atoms with van der Waals surface area (Å²) in [6, 6.07) is 7.80. The molecule has 0 heterocycles. The highest BCUT2D eigenvalue weighted by atomic mass is 35.5. The molecule has 3 heteroatoms. The Morgan fingerprint density at radius 1 is 1.43 bits per heavy atom. The van der Waals surface area contributed by atoms with Crippen molar-refractivity contribution >= 4 is 11.6 Å². The molecule has 0 radical (unpaired) electrons. The van der Waals surface area contributed by atoms with Gasteiger partial charge in [0, 0.05) is 11.1 Å². The first-order valence-corrected chi connectivity index (χ1v) is 5.18. The molecular formula is C11H16ClNO. The highest BCUT2D eigenvalue weighted by Gasteiger charge is 2.01. The van der Waals surface area contributed by atoms with E-state index in [9.17, 15) is 0 Å². The van der Waals surface area contributed by atoms with E-state index in [2.05, 4.69) is 0 Å². The van der Waals surface area contributed by atoms with Crippen molar-refractivity contribution in [2.24, 2.45) is 5.73 Å². The van der Waals surface area contributed by atoms with Crippen molar-refractivity contribution in [3.63, 3.8) is 0 Å². The molecule has 0 spiro atoms. The summed E-state index contributed by atoms with van der Waals surface area (Å²) in [6.07, 6.45) is 0.933. The van der Waals surface area contributed by atoms with Crippen LogP contribution in [0.25, 0.3) is 0 Å². The van der Waals surface area contributed by atoms with E-state index in [1.807, 2.05) is 31.2 Å². The lowest BCUT2D eigenvalue weighted by Crippen LogP contribution is -2.24. The summed E-state index contributed by atoms with van der Waals surface area (Å²) >= 11 is 5.96. The van der Waals surface area contributed by atoms with E-state index < -0.39 is 0 Å². The third kappa shape index (κ3) is 3.66. The second-order valence-electron chi connectivity index (χ2n) is 3.27. The molecule has 2 N–H and O–H groups in total. The minimum absolute atomic E-state index is 0.123. The van der Waals surface area contributed by atoms with E-state index in [4.69, 9.17) is 22.1 Å². The molecule has 0 amide bonds. The lowest BCUT2D eigenvalue weighted by molar-refractivity contribution is 0.107. The topological polar surface area (TPSA) is 35.2 Å². The average molecular weight is 214 g/mol. The van der Waals surface area contributed by atoms with Crippen LogP contribution in [0.2, 0.25) is 5.02 Å². The first-order valence-electron chi connectivity index (χ1n) is 4.80. The highest BCUT2D eigenvalue weighted by Crippen LogP contribution is 2.15. The number of halogens is 1. The zero-order chi connectivity index (χ0) is 10.4. The zero-order valence-corrected chi connectivity index (χ0v) is 9.13. The Balaban J connectivity index is 2.35. The molecule has 14 heavy (non-hydrogen) atoms. The van der Waals surface area contributed by atoms with E-state index in [-0.39, 0.29) is 6.04 Å². The molecule has 2 nitrogen and oxygen atoms in total. The fraction of sp³-hybridized carbons (Fsp3) is 0.455. The van der Waals surface area contributed by atoms with E-state index in [1.165, 1.54) is 0 Å². The van der Waals surface area contributed by atoms with Gasteiger partial charge in [-0.2, -0.15) is 0 Å². The highest BCUT2D eigenvalue weighted by molar-refractivity contribution is 6.31. The number of hydrogen-bond donors (Lipinski definition) is 1. The summed E-state index contributed by atoms with van der Waals surface area (Å²) in [5.74, 6) is 0. The van der Waals surface area contributed by atoms with Gasteiger partial charge in [0.05, 0.1) is 13.2 Å². The summed E-state index contributed by atoms with van der Waals surface area (Å²) in [7, 11) is 0. The second-order valence-corrected chi connectivity index (χ2v) is 3.68. The Labute approximate surface area is 90.0 Å². The van der Waals surface area contributed by atoms with Crippen molar-refractivity contribution in [3.05, 3.63) is 34.9 Å². The predicted octanol–water partition coefficient (Wildman–Crippen LogP) is 2.59. The summed E-state index contributed by atoms with van der Waals surface area (Å²) in [6.45, 7) is 3.17. The van der Waals surface area contributed by atoms with Crippen LogP contribution in [-0.4, -0.2) is 12.6 Å². The van der Waals surface area contributed by atoms with Gasteiger partial charge in [-0.3, -0.25) is 0 Å². The lowest BCUT2D eigenvalue weighted by atomic mass is 10.2. The Morgan fingerprint density at radius 2 is 2.14 bits per heavy atom. The maximum Gasteiger partial charge on any atom is 0.0732 e. The molecule has 0 aliphatic heterocycles. The minimum Gasteiger partial charge on any atom is -0.375 e. The number of ether oxygens (including phenoxy) is 1. The van der Waals surface area contributed by atoms with Crippen LogP contribution in [0.3, 0.4) is 0 Å². The van der Waals surface area contributed by atoms with Gasteiger partial charge >= 0.3 is 0 Å². The van der Waals surface area contributed by atoms with E-state index in [0.717, 1.165) is 17.0 Å². The Bertz CT molecular complexity index is 278. The van der Waals surface area contributed by atoms with Crippen LogP contribution in [0.5, 0.6) is 0 Å². The lowest BCUT2D eigenvalue weighted by Gasteiger charge is -2.10. The second kappa shape index (κ2) is 6.02. The average Bonchev–Trinajstić information content (AvgIpc) is 2.20. The van der Waals surface area contributed by atoms with E-state index >= 15 is 0 Å². The molecule has 1 aromatic rings. The Morgan fingerprint density at radius 3 is 2.79 bits per heavy atom. The van der Waals surface area contributed by atoms with Crippen molar-refractivity contribution in [2.45, 2.75) is 26.0 Å². The van der Waals surface area contributed by atoms with Crippen LogP contribution in [0.15, 0.2) is 24.3 Å². The fourth-order valence-corrected chi connectivity index (χ4v) is 1.24. The van der Waals surface area contributed by atoms with Gasteiger partial charge in [0.1, 0.15) is 0 Å². The van der Waals surface area contributed by atoms with Gasteiger partial charge in [-0.05, 0) is 18.1 Å². The maximum absolute atomic E-state index is 5.96. The van der Waals surface area contributed by atoms with Crippen LogP contribution in [-0.2, 0) is 11.3 Å². The molecule has 0 aromatic heterocycles. The molecule has 0 saturated heterocycles. The van der Waals surface area contributed by atoms with Crippen LogP contribution in [0.1, 0.15) is 18.9 Å². The smallest absolute Gasteiger partial charge is 0.0732 e.